The van der Waals surface area contributed by atoms with Gasteiger partial charge in [-0.2, -0.15) is 0 Å². The van der Waals surface area contributed by atoms with E-state index in [1.165, 1.54) is 17.0 Å². The van der Waals surface area contributed by atoms with E-state index in [0.717, 1.165) is 46.7 Å². The maximum Gasteiger partial charge on any atom is 0.285 e. The number of aromatic nitrogens is 2. The van der Waals surface area contributed by atoms with Crippen LogP contribution >= 0.6 is 34.2 Å². The van der Waals surface area contributed by atoms with E-state index in [1.54, 1.807) is 12.3 Å². The average Bonchev–Trinajstić information content (AvgIpc) is 3.31. The Morgan fingerprint density at radius 3 is 2.00 bits per heavy atom. The van der Waals surface area contributed by atoms with E-state index in [-0.39, 0.29) is 13.1 Å². The molecule has 148 valence electrons. The molecular formula is C18H25ClIN3O4+2. The van der Waals surface area contributed by atoms with Gasteiger partial charge in [-0.3, -0.25) is 20.5 Å². The summed E-state index contributed by atoms with van der Waals surface area (Å²) in [5, 5.41) is 30.0. The molecule has 4 rings (SSSR count). The van der Waals surface area contributed by atoms with Crippen molar-refractivity contribution in [2.45, 2.75) is 46.0 Å². The number of nitrogens with zero attached hydrogens (tertiary/aromatic N) is 3. The van der Waals surface area contributed by atoms with Gasteiger partial charge in [0.1, 0.15) is 5.56 Å². The van der Waals surface area contributed by atoms with Crippen molar-refractivity contribution in [2.24, 2.45) is 0 Å². The van der Waals surface area contributed by atoms with Crippen LogP contribution in [0.3, 0.4) is 0 Å². The van der Waals surface area contributed by atoms with Gasteiger partial charge in [-0.1, -0.05) is 41.6 Å². The minimum atomic E-state index is -0.399. The number of rotatable bonds is 1. The largest absolute Gasteiger partial charge is 0.285 e. The highest BCUT2D eigenvalue weighted by atomic mass is 127. The summed E-state index contributed by atoms with van der Waals surface area (Å²) in [6, 6.07) is 3.07. The third kappa shape index (κ3) is 5.19. The van der Waals surface area contributed by atoms with Crippen molar-refractivity contribution in [3.05, 3.63) is 62.2 Å². The summed E-state index contributed by atoms with van der Waals surface area (Å²) in [5.41, 5.74) is 3.55. The first-order valence-corrected chi connectivity index (χ1v) is 10.7. The Kier molecular flexibility index (Phi) is 9.17. The molecule has 0 amide bonds. The van der Waals surface area contributed by atoms with Crippen molar-refractivity contribution in [3.8, 4) is 0 Å². The van der Waals surface area contributed by atoms with Gasteiger partial charge in [0.15, 0.2) is 0 Å². The second-order valence-corrected chi connectivity index (χ2v) is 6.28. The molecule has 0 saturated carbocycles. The molecule has 2 heterocycles. The zero-order chi connectivity index (χ0) is 19.3. The third-order valence-electron chi connectivity index (χ3n) is 4.46. The van der Waals surface area contributed by atoms with Gasteiger partial charge in [0.2, 0.25) is 23.8 Å². The molecule has 2 aliphatic carbocycles. The number of halogens is 2. The lowest BCUT2D eigenvalue weighted by molar-refractivity contribution is -0.909. The highest BCUT2D eigenvalue weighted by molar-refractivity contribution is 14.1. The molecular weight excluding hydrogens is 485 g/mol. The Morgan fingerprint density at radius 2 is 1.48 bits per heavy atom. The van der Waals surface area contributed by atoms with Gasteiger partial charge in [0.05, 0.1) is 16.0 Å². The third-order valence-corrected chi connectivity index (χ3v) is 4.81. The quantitative estimate of drug-likeness (QED) is 0.153. The topological polar surface area (TPSA) is 91.4 Å². The maximum absolute atomic E-state index is 10.6. The lowest BCUT2D eigenvalue weighted by Crippen LogP contribution is -2.34. The Labute approximate surface area is 177 Å². The van der Waals surface area contributed by atoms with E-state index in [0.29, 0.717) is 24.1 Å². The summed E-state index contributed by atoms with van der Waals surface area (Å²) in [4.78, 5) is 12.2. The molecule has 0 spiro atoms. The molecule has 7 nitrogen and oxygen atoms in total. The van der Waals surface area contributed by atoms with Crippen molar-refractivity contribution < 1.29 is 24.8 Å². The molecule has 0 radical (unpaired) electrons. The van der Waals surface area contributed by atoms with Crippen LogP contribution in [-0.4, -0.2) is 20.3 Å². The van der Waals surface area contributed by atoms with E-state index in [9.17, 15) is 20.5 Å². The zero-order valence-electron chi connectivity index (χ0n) is 14.4. The molecule has 0 bridgehead atoms. The number of pyridine rings is 2. The first-order chi connectivity index (χ1) is 12.5. The van der Waals surface area contributed by atoms with Crippen LogP contribution in [0.5, 0.6) is 0 Å². The van der Waals surface area contributed by atoms with Crippen LogP contribution in [-0.2, 0) is 25.7 Å². The number of hydrogen-bond donors (Lipinski definition) is 2. The summed E-state index contributed by atoms with van der Waals surface area (Å²) in [6.45, 7) is 0. The SMILES string of the molecule is C.CI.O=[N+]([O-])c1cc[n+](O)c2c1CCC2.O[n+]1ccc(Cl)c2c1CCC2. The Bertz CT molecular complexity index is 789. The molecule has 2 aromatic rings. The number of nitro groups is 1. The zero-order valence-corrected chi connectivity index (χ0v) is 17.3. The first-order valence-electron chi connectivity index (χ1n) is 8.18. The minimum Gasteiger partial charge on any atom is -0.285 e. The summed E-state index contributed by atoms with van der Waals surface area (Å²) >= 11 is 8.07. The standard InChI is InChI=1S/C8H9ClNO.C8H9N2O3.CH3I.CH4/c9-7-4-5-10(11)8-3-1-2-6(7)8;11-9-5-4-8(10(12)13)6-2-1-3-7(6)9;1-2;/h4-5,11H,1-3H2;4-5,11H,1-3H2;1H3;1H4/q2*+1;;. The van der Waals surface area contributed by atoms with Gasteiger partial charge in [-0.25, -0.2) is 0 Å². The minimum absolute atomic E-state index is 0. The van der Waals surface area contributed by atoms with Gasteiger partial charge < -0.3 is 0 Å². The Hall–Kier alpha value is -1.68. The van der Waals surface area contributed by atoms with Gasteiger partial charge in [-0.15, -0.1) is 0 Å². The van der Waals surface area contributed by atoms with Crippen LogP contribution in [0.2, 0.25) is 5.02 Å². The fourth-order valence-electron chi connectivity index (χ4n) is 3.32. The van der Waals surface area contributed by atoms with Crippen molar-refractivity contribution in [1.29, 1.82) is 0 Å². The van der Waals surface area contributed by atoms with Gasteiger partial charge >= 0.3 is 0 Å². The fraction of sp³-hybridized carbons (Fsp3) is 0.444. The number of alkyl halides is 1. The molecule has 2 aromatic heterocycles. The van der Waals surface area contributed by atoms with Crippen LogP contribution < -0.4 is 9.46 Å². The van der Waals surface area contributed by atoms with E-state index in [2.05, 4.69) is 22.6 Å². The maximum atomic E-state index is 10.6. The smallest absolute Gasteiger partial charge is 0.285 e. The lowest BCUT2D eigenvalue weighted by atomic mass is 10.2. The summed E-state index contributed by atoms with van der Waals surface area (Å²) in [6.07, 6.45) is 8.22. The van der Waals surface area contributed by atoms with Crippen molar-refractivity contribution >= 4 is 39.9 Å². The van der Waals surface area contributed by atoms with Crippen LogP contribution in [0.25, 0.3) is 0 Å². The van der Waals surface area contributed by atoms with Gasteiger partial charge in [0, 0.05) is 33.9 Å². The van der Waals surface area contributed by atoms with E-state index >= 15 is 0 Å². The predicted molar refractivity (Wildman–Crippen MR) is 110 cm³/mol. The highest BCUT2D eigenvalue weighted by Crippen LogP contribution is 2.27. The van der Waals surface area contributed by atoms with Crippen LogP contribution in [0.4, 0.5) is 5.69 Å². The molecule has 0 unspecified atom stereocenters. The fourth-order valence-corrected chi connectivity index (χ4v) is 3.58. The van der Waals surface area contributed by atoms with Gasteiger partial charge in [-0.05, 0) is 30.6 Å². The Balaban J connectivity index is 0.000000242. The van der Waals surface area contributed by atoms with E-state index in [4.69, 9.17) is 11.6 Å². The molecule has 9 heteroatoms. The van der Waals surface area contributed by atoms with E-state index < -0.39 is 4.92 Å². The molecule has 0 aromatic carbocycles. The van der Waals surface area contributed by atoms with Crippen LogP contribution in [0.15, 0.2) is 24.5 Å². The highest BCUT2D eigenvalue weighted by Gasteiger charge is 2.30. The van der Waals surface area contributed by atoms with Crippen molar-refractivity contribution in [2.75, 3.05) is 4.93 Å². The summed E-state index contributed by atoms with van der Waals surface area (Å²) < 4.78 is 2.16. The molecule has 2 N–H and O–H groups in total. The predicted octanol–water partition coefficient (Wildman–Crippen LogP) is 3.65. The monoisotopic (exact) mass is 509 g/mol. The number of fused-ring (bicyclic) bond motifs is 2. The molecule has 0 aliphatic heterocycles. The molecule has 0 saturated heterocycles. The van der Waals surface area contributed by atoms with E-state index in [1.807, 2.05) is 4.93 Å². The second-order valence-electron chi connectivity index (χ2n) is 5.87. The van der Waals surface area contributed by atoms with Crippen LogP contribution in [0, 0.1) is 10.1 Å². The Morgan fingerprint density at radius 1 is 1.00 bits per heavy atom. The first kappa shape index (κ1) is 23.4. The average molecular weight is 510 g/mol. The summed E-state index contributed by atoms with van der Waals surface area (Å²) in [7, 11) is 0. The molecule has 0 fully saturated rings. The number of hydrogen-bond acceptors (Lipinski definition) is 4. The molecule has 0 atom stereocenters. The second kappa shape index (κ2) is 10.6. The summed E-state index contributed by atoms with van der Waals surface area (Å²) in [5.74, 6) is 0. The lowest BCUT2D eigenvalue weighted by Gasteiger charge is -1.95. The van der Waals surface area contributed by atoms with Crippen molar-refractivity contribution in [3.63, 3.8) is 0 Å². The van der Waals surface area contributed by atoms with Crippen molar-refractivity contribution in [1.82, 2.24) is 0 Å². The molecule has 27 heavy (non-hydrogen) atoms. The normalized spacial score (nSPS) is 13.1. The molecule has 2 aliphatic rings. The van der Waals surface area contributed by atoms with Crippen LogP contribution in [0.1, 0.15) is 42.8 Å². The van der Waals surface area contributed by atoms with Gasteiger partial charge in [0.25, 0.3) is 5.69 Å².